The van der Waals surface area contributed by atoms with Gasteiger partial charge in [-0.1, -0.05) is 72.8 Å². The third-order valence-corrected chi connectivity index (χ3v) is 7.21. The molecule has 0 bridgehead atoms. The van der Waals surface area contributed by atoms with E-state index >= 15 is 0 Å². The minimum atomic E-state index is 0. The third kappa shape index (κ3) is 6.27. The number of fused-ring (bicyclic) bond motifs is 3. The van der Waals surface area contributed by atoms with Crippen LogP contribution in [0.25, 0.3) is 66.2 Å². The average molecular weight is 728 g/mol. The van der Waals surface area contributed by atoms with Crippen molar-refractivity contribution >= 4 is 32.4 Å². The number of pyridine rings is 1. The number of aromatic nitrogens is 3. The second-order valence-corrected chi connectivity index (χ2v) is 10.0. The maximum Gasteiger partial charge on any atom is 0.0755 e. The van der Waals surface area contributed by atoms with E-state index in [1.165, 1.54) is 27.3 Å². The zero-order chi connectivity index (χ0) is 28.1. The van der Waals surface area contributed by atoms with Crippen LogP contribution in [0, 0.1) is 12.1 Å². The van der Waals surface area contributed by atoms with Crippen LogP contribution < -0.4 is 0 Å². The molecule has 207 valence electrons. The first kappa shape index (κ1) is 28.1. The second kappa shape index (κ2) is 12.9. The van der Waals surface area contributed by atoms with E-state index in [9.17, 15) is 0 Å². The normalized spacial score (nSPS) is 10.6. The van der Waals surface area contributed by atoms with Crippen LogP contribution in [0.1, 0.15) is 0 Å². The fraction of sp³-hybridized carbons (Fsp3) is 0. The molecule has 2 aromatic heterocycles. The molecule has 0 saturated heterocycles. The molecule has 43 heavy (non-hydrogen) atoms. The summed E-state index contributed by atoms with van der Waals surface area (Å²) in [5, 5.41) is 5.82. The maximum absolute atomic E-state index is 4.65. The standard InChI is InChI=1S/C21H14N.C18H11N2.Ir/c1-3-7-16(8-4-1)18-11-12-19-15-22-21(14-20(19)13-18)17-9-5-2-6-10-17;1-2-6-13(7-3-1)18-19-12-16-10-14-8-4-5-9-15(14)11-17(16)20-18;/h1-9,11-15H;1-6,8-12H;/q2*-1;. The molecule has 4 heteroatoms. The third-order valence-electron chi connectivity index (χ3n) is 7.21. The number of nitrogens with zero attached hydrogens (tertiary/aromatic N) is 3. The fourth-order valence-corrected chi connectivity index (χ4v) is 5.03. The summed E-state index contributed by atoms with van der Waals surface area (Å²) in [5.74, 6) is 0.716. The molecule has 0 aliphatic carbocycles. The van der Waals surface area contributed by atoms with E-state index in [2.05, 4.69) is 99.9 Å². The van der Waals surface area contributed by atoms with Crippen LogP contribution in [0.2, 0.25) is 0 Å². The van der Waals surface area contributed by atoms with Crippen molar-refractivity contribution in [1.29, 1.82) is 0 Å². The number of hydrogen-bond donors (Lipinski definition) is 0. The molecule has 0 amide bonds. The predicted octanol–water partition coefficient (Wildman–Crippen LogP) is 9.62. The Morgan fingerprint density at radius 3 is 1.86 bits per heavy atom. The van der Waals surface area contributed by atoms with Crippen molar-refractivity contribution in [2.45, 2.75) is 0 Å². The molecule has 1 radical (unpaired) electrons. The van der Waals surface area contributed by atoms with Crippen molar-refractivity contribution in [1.82, 2.24) is 15.0 Å². The molecule has 0 unspecified atom stereocenters. The van der Waals surface area contributed by atoms with Crippen molar-refractivity contribution in [3.05, 3.63) is 164 Å². The molecule has 3 nitrogen and oxygen atoms in total. The van der Waals surface area contributed by atoms with E-state index in [1.807, 2.05) is 79.1 Å². The predicted molar refractivity (Wildman–Crippen MR) is 173 cm³/mol. The summed E-state index contributed by atoms with van der Waals surface area (Å²) in [7, 11) is 0. The molecule has 6 aromatic carbocycles. The summed E-state index contributed by atoms with van der Waals surface area (Å²) in [4.78, 5) is 13.6. The first-order chi connectivity index (χ1) is 20.8. The van der Waals surface area contributed by atoms with E-state index in [0.29, 0.717) is 5.82 Å². The molecule has 0 spiro atoms. The minimum absolute atomic E-state index is 0. The number of rotatable bonds is 3. The van der Waals surface area contributed by atoms with Gasteiger partial charge in [-0.2, -0.15) is 0 Å². The van der Waals surface area contributed by atoms with E-state index < -0.39 is 0 Å². The number of hydrogen-bond acceptors (Lipinski definition) is 3. The monoisotopic (exact) mass is 728 g/mol. The van der Waals surface area contributed by atoms with E-state index in [0.717, 1.165) is 33.1 Å². The van der Waals surface area contributed by atoms with E-state index in [4.69, 9.17) is 0 Å². The smallest absolute Gasteiger partial charge is 0.0755 e. The molecule has 0 aliphatic heterocycles. The first-order valence-electron chi connectivity index (χ1n) is 13.9. The van der Waals surface area contributed by atoms with Crippen molar-refractivity contribution < 1.29 is 20.1 Å². The van der Waals surface area contributed by atoms with Crippen LogP contribution in [0.4, 0.5) is 0 Å². The van der Waals surface area contributed by atoms with Crippen LogP contribution in [-0.4, -0.2) is 15.0 Å². The van der Waals surface area contributed by atoms with Gasteiger partial charge in [0.05, 0.1) is 11.3 Å². The van der Waals surface area contributed by atoms with E-state index in [1.54, 1.807) is 0 Å². The molecule has 2 heterocycles. The summed E-state index contributed by atoms with van der Waals surface area (Å²) in [5.41, 5.74) is 6.32. The molecule has 0 atom stereocenters. The van der Waals surface area contributed by atoms with Crippen molar-refractivity contribution in [3.8, 4) is 33.8 Å². The zero-order valence-electron chi connectivity index (χ0n) is 23.1. The second-order valence-electron chi connectivity index (χ2n) is 10.0. The van der Waals surface area contributed by atoms with Crippen LogP contribution >= 0.6 is 0 Å². The van der Waals surface area contributed by atoms with Gasteiger partial charge < -0.3 is 4.98 Å². The summed E-state index contributed by atoms with van der Waals surface area (Å²) in [6.45, 7) is 0. The SMILES string of the molecule is [Ir].[c-]1ccccc1-c1cc2cc(-c3ccccc3)ccc2cn1.[c-]1ccccc1-c1ncc2cc3ccccc3cc2n1. The topological polar surface area (TPSA) is 38.7 Å². The van der Waals surface area contributed by atoms with Gasteiger partial charge in [0.15, 0.2) is 0 Å². The zero-order valence-corrected chi connectivity index (χ0v) is 25.5. The molecular weight excluding hydrogens is 703 g/mol. The Bertz CT molecular complexity index is 2060. The van der Waals surface area contributed by atoms with Gasteiger partial charge in [0.2, 0.25) is 0 Å². The Morgan fingerprint density at radius 1 is 0.442 bits per heavy atom. The Balaban J connectivity index is 0.000000150. The van der Waals surface area contributed by atoms with Crippen molar-refractivity contribution in [3.63, 3.8) is 0 Å². The number of benzene rings is 6. The van der Waals surface area contributed by atoms with Crippen LogP contribution in [0.3, 0.4) is 0 Å². The Morgan fingerprint density at radius 2 is 1.12 bits per heavy atom. The summed E-state index contributed by atoms with van der Waals surface area (Å²) < 4.78 is 0. The van der Waals surface area contributed by atoms with Crippen molar-refractivity contribution in [2.75, 3.05) is 0 Å². The minimum Gasteiger partial charge on any atom is -0.304 e. The molecule has 0 aliphatic rings. The van der Waals surface area contributed by atoms with E-state index in [-0.39, 0.29) is 20.1 Å². The maximum atomic E-state index is 4.65. The van der Waals surface area contributed by atoms with Crippen molar-refractivity contribution in [2.24, 2.45) is 0 Å². The van der Waals surface area contributed by atoms with Gasteiger partial charge >= 0.3 is 0 Å². The van der Waals surface area contributed by atoms with Gasteiger partial charge in [-0.3, -0.25) is 9.97 Å². The van der Waals surface area contributed by atoms with Gasteiger partial charge in [-0.05, 0) is 56.6 Å². The van der Waals surface area contributed by atoms with Crippen LogP contribution in [-0.2, 0) is 20.1 Å². The molecule has 0 fully saturated rings. The fourth-order valence-electron chi connectivity index (χ4n) is 5.03. The summed E-state index contributed by atoms with van der Waals surface area (Å²) in [6, 6.07) is 53.7. The Kier molecular flexibility index (Phi) is 8.42. The Labute approximate surface area is 264 Å². The molecule has 8 rings (SSSR count). The summed E-state index contributed by atoms with van der Waals surface area (Å²) in [6.07, 6.45) is 3.81. The largest absolute Gasteiger partial charge is 0.304 e. The van der Waals surface area contributed by atoms with Gasteiger partial charge in [-0.15, -0.1) is 71.8 Å². The van der Waals surface area contributed by atoms with Gasteiger partial charge in [0.1, 0.15) is 0 Å². The van der Waals surface area contributed by atoms with Gasteiger partial charge in [0.25, 0.3) is 0 Å². The summed E-state index contributed by atoms with van der Waals surface area (Å²) >= 11 is 0. The molecule has 8 aromatic rings. The average Bonchev–Trinajstić information content (AvgIpc) is 3.08. The van der Waals surface area contributed by atoms with Crippen LogP contribution in [0.5, 0.6) is 0 Å². The molecule has 0 N–H and O–H groups in total. The first-order valence-corrected chi connectivity index (χ1v) is 13.9. The van der Waals surface area contributed by atoms with Gasteiger partial charge in [-0.25, -0.2) is 0 Å². The van der Waals surface area contributed by atoms with Gasteiger partial charge in [0, 0.05) is 37.9 Å². The Hall–Kier alpha value is -5.02. The van der Waals surface area contributed by atoms with Crippen LogP contribution in [0.15, 0.2) is 152 Å². The molecular formula is C39H25IrN3-2. The molecule has 0 saturated carbocycles. The quantitative estimate of drug-likeness (QED) is 0.135.